The highest BCUT2D eigenvalue weighted by molar-refractivity contribution is 6.38. The second-order valence-corrected chi connectivity index (χ2v) is 9.77. The van der Waals surface area contributed by atoms with Gasteiger partial charge >= 0.3 is 0 Å². The topological polar surface area (TPSA) is 46.1 Å². The molecule has 0 radical (unpaired) electrons. The third-order valence-electron chi connectivity index (χ3n) is 5.70. The SMILES string of the molecule is CC(C)(C)c1cccc(NC(=O)Cn2c3c(c4cc(Cl)cc(Cl)c42)CCNCC3)c1. The highest BCUT2D eigenvalue weighted by Gasteiger charge is 2.23. The average molecular weight is 444 g/mol. The fourth-order valence-electron chi connectivity index (χ4n) is 4.22. The summed E-state index contributed by atoms with van der Waals surface area (Å²) in [4.78, 5) is 13.0. The highest BCUT2D eigenvalue weighted by atomic mass is 35.5. The van der Waals surface area contributed by atoms with Crippen LogP contribution in [0.2, 0.25) is 10.0 Å². The van der Waals surface area contributed by atoms with Gasteiger partial charge in [0, 0.05) is 34.8 Å². The number of fused-ring (bicyclic) bond motifs is 3. The number of carbonyl (C=O) groups excluding carboxylic acids is 1. The van der Waals surface area contributed by atoms with E-state index in [0.29, 0.717) is 10.0 Å². The van der Waals surface area contributed by atoms with Gasteiger partial charge in [0.15, 0.2) is 0 Å². The number of hydrogen-bond donors (Lipinski definition) is 2. The average Bonchev–Trinajstić information content (AvgIpc) is 2.82. The Kier molecular flexibility index (Phi) is 5.84. The Hall–Kier alpha value is -2.01. The molecule has 1 amide bonds. The molecule has 0 unspecified atom stereocenters. The summed E-state index contributed by atoms with van der Waals surface area (Å²) in [6.07, 6.45) is 1.75. The van der Waals surface area contributed by atoms with E-state index in [2.05, 4.69) is 42.0 Å². The zero-order valence-electron chi connectivity index (χ0n) is 17.6. The van der Waals surface area contributed by atoms with Crippen LogP contribution in [0.4, 0.5) is 5.69 Å². The largest absolute Gasteiger partial charge is 0.334 e. The molecule has 158 valence electrons. The summed E-state index contributed by atoms with van der Waals surface area (Å²) < 4.78 is 2.07. The van der Waals surface area contributed by atoms with Crippen LogP contribution in [-0.2, 0) is 29.6 Å². The third kappa shape index (κ3) is 4.22. The molecule has 2 heterocycles. The van der Waals surface area contributed by atoms with Crippen LogP contribution in [-0.4, -0.2) is 23.6 Å². The number of nitrogens with one attached hydrogen (secondary N) is 2. The molecule has 4 rings (SSSR count). The summed E-state index contributed by atoms with van der Waals surface area (Å²) in [6.45, 7) is 8.49. The number of hydrogen-bond acceptors (Lipinski definition) is 2. The first-order valence-electron chi connectivity index (χ1n) is 10.3. The number of nitrogens with zero attached hydrogens (tertiary/aromatic N) is 1. The van der Waals surface area contributed by atoms with Gasteiger partial charge in [-0.05, 0) is 53.8 Å². The number of carbonyl (C=O) groups is 1. The van der Waals surface area contributed by atoms with E-state index in [1.165, 1.54) is 11.1 Å². The lowest BCUT2D eigenvalue weighted by Crippen LogP contribution is -2.22. The molecule has 0 bridgehead atoms. The number of aromatic nitrogens is 1. The zero-order chi connectivity index (χ0) is 21.5. The normalized spacial score (nSPS) is 14.4. The van der Waals surface area contributed by atoms with Gasteiger partial charge in [0.05, 0.1) is 10.5 Å². The number of benzene rings is 2. The van der Waals surface area contributed by atoms with Crippen molar-refractivity contribution < 1.29 is 4.79 Å². The second-order valence-electron chi connectivity index (χ2n) is 8.92. The Bertz CT molecular complexity index is 1110. The van der Waals surface area contributed by atoms with Gasteiger partial charge in [-0.3, -0.25) is 4.79 Å². The van der Waals surface area contributed by atoms with Gasteiger partial charge in [0.2, 0.25) is 5.91 Å². The quantitative estimate of drug-likeness (QED) is 0.555. The lowest BCUT2D eigenvalue weighted by atomic mass is 9.87. The zero-order valence-corrected chi connectivity index (χ0v) is 19.1. The summed E-state index contributed by atoms with van der Waals surface area (Å²) >= 11 is 12.9. The van der Waals surface area contributed by atoms with Crippen molar-refractivity contribution in [2.75, 3.05) is 18.4 Å². The molecule has 0 fully saturated rings. The Morgan fingerprint density at radius 1 is 1.13 bits per heavy atom. The third-order valence-corrected chi connectivity index (χ3v) is 6.21. The van der Waals surface area contributed by atoms with Crippen molar-refractivity contribution in [1.82, 2.24) is 9.88 Å². The number of amides is 1. The number of anilines is 1. The smallest absolute Gasteiger partial charge is 0.244 e. The molecule has 0 atom stereocenters. The predicted molar refractivity (Wildman–Crippen MR) is 126 cm³/mol. The maximum Gasteiger partial charge on any atom is 0.244 e. The fraction of sp³-hybridized carbons (Fsp3) is 0.375. The Labute approximate surface area is 187 Å². The first kappa shape index (κ1) is 21.2. The van der Waals surface area contributed by atoms with Crippen LogP contribution in [0.1, 0.15) is 37.6 Å². The predicted octanol–water partition coefficient (Wildman–Crippen LogP) is 5.57. The van der Waals surface area contributed by atoms with Crippen LogP contribution in [0.25, 0.3) is 10.9 Å². The molecule has 6 heteroatoms. The molecule has 2 N–H and O–H groups in total. The first-order chi connectivity index (χ1) is 14.2. The molecule has 0 saturated heterocycles. The summed E-state index contributed by atoms with van der Waals surface area (Å²) in [5.41, 5.74) is 5.32. The molecule has 1 aliphatic heterocycles. The Morgan fingerprint density at radius 3 is 2.67 bits per heavy atom. The molecule has 1 aliphatic rings. The van der Waals surface area contributed by atoms with Gasteiger partial charge in [-0.25, -0.2) is 0 Å². The summed E-state index contributed by atoms with van der Waals surface area (Å²) in [6, 6.07) is 11.8. The number of halogens is 2. The molecule has 0 aliphatic carbocycles. The maximum atomic E-state index is 13.0. The van der Waals surface area contributed by atoms with Crippen LogP contribution in [0.5, 0.6) is 0 Å². The van der Waals surface area contributed by atoms with E-state index in [1.54, 1.807) is 6.07 Å². The van der Waals surface area contributed by atoms with Crippen LogP contribution in [0, 0.1) is 0 Å². The van der Waals surface area contributed by atoms with Gasteiger partial charge < -0.3 is 15.2 Å². The van der Waals surface area contributed by atoms with E-state index in [4.69, 9.17) is 23.2 Å². The van der Waals surface area contributed by atoms with Crippen LogP contribution < -0.4 is 10.6 Å². The summed E-state index contributed by atoms with van der Waals surface area (Å²) in [7, 11) is 0. The van der Waals surface area contributed by atoms with Crippen molar-refractivity contribution in [2.24, 2.45) is 0 Å². The van der Waals surface area contributed by atoms with Crippen molar-refractivity contribution in [3.05, 3.63) is 63.3 Å². The Morgan fingerprint density at radius 2 is 1.90 bits per heavy atom. The lowest BCUT2D eigenvalue weighted by molar-refractivity contribution is -0.116. The van der Waals surface area contributed by atoms with Crippen molar-refractivity contribution in [3.63, 3.8) is 0 Å². The summed E-state index contributed by atoms with van der Waals surface area (Å²) in [5, 5.41) is 8.75. The second kappa shape index (κ2) is 8.26. The molecule has 3 aromatic rings. The summed E-state index contributed by atoms with van der Waals surface area (Å²) in [5.74, 6) is -0.0658. The molecular formula is C24H27Cl2N3O. The molecule has 1 aromatic heterocycles. The minimum Gasteiger partial charge on any atom is -0.334 e. The van der Waals surface area contributed by atoms with Crippen molar-refractivity contribution >= 4 is 45.7 Å². The Balaban J connectivity index is 1.69. The van der Waals surface area contributed by atoms with E-state index in [0.717, 1.165) is 48.2 Å². The molecule has 30 heavy (non-hydrogen) atoms. The van der Waals surface area contributed by atoms with Crippen molar-refractivity contribution in [2.45, 2.75) is 45.6 Å². The fourth-order valence-corrected chi connectivity index (χ4v) is 4.81. The van der Waals surface area contributed by atoms with Crippen molar-refractivity contribution in [3.8, 4) is 0 Å². The monoisotopic (exact) mass is 443 g/mol. The molecule has 0 spiro atoms. The van der Waals surface area contributed by atoms with Gasteiger partial charge in [-0.15, -0.1) is 0 Å². The van der Waals surface area contributed by atoms with Gasteiger partial charge in [-0.1, -0.05) is 56.1 Å². The minimum atomic E-state index is -0.0658. The van der Waals surface area contributed by atoms with Crippen LogP contribution >= 0.6 is 23.2 Å². The molecule has 2 aromatic carbocycles. The van der Waals surface area contributed by atoms with Gasteiger partial charge in [0.1, 0.15) is 6.54 Å². The molecular weight excluding hydrogens is 417 g/mol. The molecule has 4 nitrogen and oxygen atoms in total. The lowest BCUT2D eigenvalue weighted by Gasteiger charge is -2.20. The van der Waals surface area contributed by atoms with Crippen LogP contribution in [0.15, 0.2) is 36.4 Å². The standard InChI is InChI=1S/C24H27Cl2N3O/c1-24(2,3)15-5-4-6-17(11-15)28-22(30)14-29-21-8-10-27-9-7-18(21)19-12-16(25)13-20(26)23(19)29/h4-6,11-13,27H,7-10,14H2,1-3H3,(H,28,30). The van der Waals surface area contributed by atoms with Crippen LogP contribution in [0.3, 0.4) is 0 Å². The van der Waals surface area contributed by atoms with Gasteiger partial charge in [0.25, 0.3) is 0 Å². The van der Waals surface area contributed by atoms with Crippen molar-refractivity contribution in [1.29, 1.82) is 0 Å². The van der Waals surface area contributed by atoms with E-state index >= 15 is 0 Å². The van der Waals surface area contributed by atoms with E-state index in [-0.39, 0.29) is 17.9 Å². The maximum absolute atomic E-state index is 13.0. The highest BCUT2D eigenvalue weighted by Crippen LogP contribution is 2.35. The van der Waals surface area contributed by atoms with E-state index in [9.17, 15) is 4.79 Å². The first-order valence-corrected chi connectivity index (χ1v) is 11.1. The van der Waals surface area contributed by atoms with Gasteiger partial charge in [-0.2, -0.15) is 0 Å². The van der Waals surface area contributed by atoms with E-state index < -0.39 is 0 Å². The number of rotatable bonds is 3. The van der Waals surface area contributed by atoms with E-state index in [1.807, 2.05) is 24.3 Å². The minimum absolute atomic E-state index is 0.0223. The molecule has 0 saturated carbocycles.